The van der Waals surface area contributed by atoms with Crippen molar-refractivity contribution in [2.75, 3.05) is 11.1 Å². The first-order valence-electron chi connectivity index (χ1n) is 6.41. The minimum absolute atomic E-state index is 0.119. The maximum absolute atomic E-state index is 12.4. The molecular weight excluding hydrogens is 270 g/mol. The molecule has 3 rings (SSSR count). The van der Waals surface area contributed by atoms with Crippen LogP contribution in [0.4, 0.5) is 5.69 Å². The summed E-state index contributed by atoms with van der Waals surface area (Å²) >= 11 is 1.58. The van der Waals surface area contributed by atoms with E-state index in [0.29, 0.717) is 17.5 Å². The number of amides is 1. The number of hydrogen-bond acceptors (Lipinski definition) is 3. The summed E-state index contributed by atoms with van der Waals surface area (Å²) in [6, 6.07) is 14.6. The second kappa shape index (κ2) is 5.51. The number of hydrogen-bond donors (Lipinski definition) is 1. The van der Waals surface area contributed by atoms with Crippen molar-refractivity contribution in [3.05, 3.63) is 59.7 Å². The summed E-state index contributed by atoms with van der Waals surface area (Å²) in [5.74, 6) is 0.685. The van der Waals surface area contributed by atoms with Gasteiger partial charge in [-0.05, 0) is 18.2 Å². The third kappa shape index (κ3) is 2.47. The topological polar surface area (TPSA) is 46.2 Å². The van der Waals surface area contributed by atoms with Crippen LogP contribution in [0.25, 0.3) is 0 Å². The van der Waals surface area contributed by atoms with Crippen molar-refractivity contribution in [1.29, 1.82) is 0 Å². The van der Waals surface area contributed by atoms with Gasteiger partial charge in [-0.3, -0.25) is 9.59 Å². The Labute approximate surface area is 121 Å². The van der Waals surface area contributed by atoms with E-state index in [9.17, 15) is 9.59 Å². The Morgan fingerprint density at radius 3 is 2.65 bits per heavy atom. The van der Waals surface area contributed by atoms with Crippen molar-refractivity contribution in [2.45, 2.75) is 11.3 Å². The number of benzene rings is 2. The van der Waals surface area contributed by atoms with Crippen LogP contribution < -0.4 is 5.32 Å². The fraction of sp³-hybridized carbons (Fsp3) is 0.125. The van der Waals surface area contributed by atoms with E-state index in [4.69, 9.17) is 0 Å². The smallest absolute Gasteiger partial charge is 0.256 e. The molecule has 1 N–H and O–H groups in total. The normalized spacial score (nSPS) is 13.7. The molecule has 1 heterocycles. The molecule has 2 aromatic carbocycles. The van der Waals surface area contributed by atoms with Gasteiger partial charge in [0.2, 0.25) is 0 Å². The minimum atomic E-state index is -0.171. The molecule has 1 aliphatic rings. The molecular formula is C16H13NO2S. The predicted molar refractivity (Wildman–Crippen MR) is 80.5 cm³/mol. The first-order chi connectivity index (χ1) is 9.75. The largest absolute Gasteiger partial charge is 0.322 e. The molecule has 1 amide bonds. The number of Topliss-reactive ketones (excluding diaryl/α,β-unsaturated/α-hetero) is 1. The zero-order valence-electron chi connectivity index (χ0n) is 10.8. The van der Waals surface area contributed by atoms with Crippen molar-refractivity contribution in [3.8, 4) is 0 Å². The summed E-state index contributed by atoms with van der Waals surface area (Å²) in [5, 5.41) is 2.86. The number of carbonyl (C=O) groups excluding carboxylic acids is 2. The molecule has 2 aromatic rings. The van der Waals surface area contributed by atoms with Crippen molar-refractivity contribution in [2.24, 2.45) is 0 Å². The lowest BCUT2D eigenvalue weighted by Gasteiger charge is -2.17. The zero-order chi connectivity index (χ0) is 13.9. The lowest BCUT2D eigenvalue weighted by atomic mass is 10.0. The molecule has 0 aliphatic carbocycles. The molecule has 100 valence electrons. The highest BCUT2D eigenvalue weighted by atomic mass is 32.2. The van der Waals surface area contributed by atoms with Gasteiger partial charge in [-0.15, -0.1) is 11.8 Å². The van der Waals surface area contributed by atoms with Gasteiger partial charge in [-0.25, -0.2) is 0 Å². The Morgan fingerprint density at radius 2 is 1.85 bits per heavy atom. The second-order valence-corrected chi connectivity index (χ2v) is 5.63. The number of rotatable bonds is 2. The van der Waals surface area contributed by atoms with Crippen molar-refractivity contribution < 1.29 is 9.59 Å². The number of nitrogens with one attached hydrogen (secondary N) is 1. The summed E-state index contributed by atoms with van der Waals surface area (Å²) in [7, 11) is 0. The molecule has 20 heavy (non-hydrogen) atoms. The van der Waals surface area contributed by atoms with Crippen LogP contribution in [0, 0.1) is 0 Å². The van der Waals surface area contributed by atoms with Crippen LogP contribution in [0.2, 0.25) is 0 Å². The number of thioether (sulfide) groups is 1. The van der Waals surface area contributed by atoms with Gasteiger partial charge in [0.15, 0.2) is 5.78 Å². The average Bonchev–Trinajstić information content (AvgIpc) is 2.48. The molecule has 0 aromatic heterocycles. The Morgan fingerprint density at radius 1 is 1.05 bits per heavy atom. The molecule has 1 aliphatic heterocycles. The van der Waals surface area contributed by atoms with E-state index < -0.39 is 0 Å². The first kappa shape index (κ1) is 12.9. The number of fused-ring (bicyclic) bond motifs is 1. The Kier molecular flexibility index (Phi) is 3.56. The van der Waals surface area contributed by atoms with E-state index >= 15 is 0 Å². The lowest BCUT2D eigenvalue weighted by Crippen LogP contribution is -2.17. The molecule has 0 atom stereocenters. The van der Waals surface area contributed by atoms with E-state index in [2.05, 4.69) is 5.32 Å². The molecule has 0 saturated carbocycles. The molecule has 0 radical (unpaired) electrons. The second-order valence-electron chi connectivity index (χ2n) is 4.52. The molecule has 4 heteroatoms. The van der Waals surface area contributed by atoms with Crippen LogP contribution in [0.5, 0.6) is 0 Å². The number of ketones is 1. The van der Waals surface area contributed by atoms with Gasteiger partial charge in [0.05, 0.1) is 5.56 Å². The van der Waals surface area contributed by atoms with Crippen LogP contribution in [0.15, 0.2) is 53.4 Å². The maximum Gasteiger partial charge on any atom is 0.256 e. The van der Waals surface area contributed by atoms with Crippen LogP contribution in [-0.2, 0) is 0 Å². The third-order valence-electron chi connectivity index (χ3n) is 3.17. The van der Waals surface area contributed by atoms with Gasteiger partial charge in [-0.2, -0.15) is 0 Å². The highest BCUT2D eigenvalue weighted by Crippen LogP contribution is 2.33. The quantitative estimate of drug-likeness (QED) is 0.915. The summed E-state index contributed by atoms with van der Waals surface area (Å²) in [4.78, 5) is 25.0. The SMILES string of the molecule is O=C1CCSc2c1cccc2C(=O)Nc1ccccc1. The Balaban J connectivity index is 1.93. The van der Waals surface area contributed by atoms with E-state index in [1.807, 2.05) is 30.3 Å². The fourth-order valence-corrected chi connectivity index (χ4v) is 3.34. The third-order valence-corrected chi connectivity index (χ3v) is 4.30. The molecule has 0 unspecified atom stereocenters. The number of anilines is 1. The fourth-order valence-electron chi connectivity index (χ4n) is 2.19. The van der Waals surface area contributed by atoms with E-state index in [-0.39, 0.29) is 11.7 Å². The highest BCUT2D eigenvalue weighted by molar-refractivity contribution is 7.99. The number of carbonyl (C=O) groups is 2. The summed E-state index contributed by atoms with van der Waals surface area (Å²) in [5.41, 5.74) is 1.99. The predicted octanol–water partition coefficient (Wildman–Crippen LogP) is 3.62. The van der Waals surface area contributed by atoms with Crippen molar-refractivity contribution >= 4 is 29.1 Å². The van der Waals surface area contributed by atoms with Crippen molar-refractivity contribution in [3.63, 3.8) is 0 Å². The number of para-hydroxylation sites is 1. The minimum Gasteiger partial charge on any atom is -0.322 e. The zero-order valence-corrected chi connectivity index (χ0v) is 11.6. The van der Waals surface area contributed by atoms with Crippen LogP contribution in [-0.4, -0.2) is 17.4 Å². The molecule has 3 nitrogen and oxygen atoms in total. The van der Waals surface area contributed by atoms with Gasteiger partial charge in [0, 0.05) is 28.3 Å². The van der Waals surface area contributed by atoms with Gasteiger partial charge < -0.3 is 5.32 Å². The van der Waals surface area contributed by atoms with Gasteiger partial charge in [-0.1, -0.05) is 30.3 Å². The lowest BCUT2D eigenvalue weighted by molar-refractivity contribution is 0.0984. The van der Waals surface area contributed by atoms with Crippen LogP contribution in [0.1, 0.15) is 27.1 Å². The van der Waals surface area contributed by atoms with Gasteiger partial charge in [0.25, 0.3) is 5.91 Å². The van der Waals surface area contributed by atoms with Crippen LogP contribution in [0.3, 0.4) is 0 Å². The summed E-state index contributed by atoms with van der Waals surface area (Å²) in [6.45, 7) is 0. The molecule has 0 bridgehead atoms. The van der Waals surface area contributed by atoms with E-state index in [0.717, 1.165) is 16.3 Å². The Hall–Kier alpha value is -2.07. The standard InChI is InChI=1S/C16H13NO2S/c18-14-9-10-20-15-12(14)7-4-8-13(15)16(19)17-11-5-2-1-3-6-11/h1-8H,9-10H2,(H,17,19). The molecule has 0 spiro atoms. The van der Waals surface area contributed by atoms with E-state index in [1.165, 1.54) is 0 Å². The van der Waals surface area contributed by atoms with E-state index in [1.54, 1.807) is 30.0 Å². The summed E-state index contributed by atoms with van der Waals surface area (Å²) in [6.07, 6.45) is 0.543. The monoisotopic (exact) mass is 283 g/mol. The average molecular weight is 283 g/mol. The highest BCUT2D eigenvalue weighted by Gasteiger charge is 2.23. The van der Waals surface area contributed by atoms with Gasteiger partial charge >= 0.3 is 0 Å². The molecule has 0 fully saturated rings. The first-order valence-corrected chi connectivity index (χ1v) is 7.39. The van der Waals surface area contributed by atoms with Gasteiger partial charge in [0.1, 0.15) is 0 Å². The summed E-state index contributed by atoms with van der Waals surface area (Å²) < 4.78 is 0. The Bertz CT molecular complexity index is 667. The van der Waals surface area contributed by atoms with Crippen molar-refractivity contribution in [1.82, 2.24) is 0 Å². The molecule has 0 saturated heterocycles. The maximum atomic E-state index is 12.4. The van der Waals surface area contributed by atoms with Crippen LogP contribution >= 0.6 is 11.8 Å².